The summed E-state index contributed by atoms with van der Waals surface area (Å²) in [4.78, 5) is 33.8. The molecule has 0 saturated heterocycles. The molecular weight excluding hydrogens is 408 g/mol. The van der Waals surface area contributed by atoms with Crippen molar-refractivity contribution in [2.75, 3.05) is 19.5 Å². The van der Waals surface area contributed by atoms with Crippen molar-refractivity contribution >= 4 is 46.5 Å². The molecule has 1 aromatic carbocycles. The van der Waals surface area contributed by atoms with Crippen LogP contribution in [0.4, 0.5) is 5.69 Å². The first-order chi connectivity index (χ1) is 13.1. The average molecular weight is 429 g/mol. The molecule has 0 fully saturated rings. The maximum absolute atomic E-state index is 12.4. The van der Waals surface area contributed by atoms with Crippen molar-refractivity contribution in [3.8, 4) is 5.75 Å². The lowest BCUT2D eigenvalue weighted by molar-refractivity contribution is -0.159. The van der Waals surface area contributed by atoms with Crippen LogP contribution in [0, 0.1) is 0 Å². The predicted octanol–water partition coefficient (Wildman–Crippen LogP) is 3.02. The highest BCUT2D eigenvalue weighted by molar-refractivity contribution is 7.09. The summed E-state index contributed by atoms with van der Waals surface area (Å²) in [7, 11) is 3.49. The van der Waals surface area contributed by atoms with Crippen molar-refractivity contribution < 1.29 is 29.3 Å². The summed E-state index contributed by atoms with van der Waals surface area (Å²) in [6.45, 7) is 2.61. The molecule has 2 rings (SSSR count). The smallest absolute Gasteiger partial charge is 0.414 e. The number of likely N-dealkylation sites (N-methyl/N-ethyl adjacent to an activating group) is 1. The van der Waals surface area contributed by atoms with Crippen molar-refractivity contribution in [3.05, 3.63) is 45.6 Å². The largest absolute Gasteiger partial charge is 0.495 e. The zero-order valence-electron chi connectivity index (χ0n) is 15.5. The van der Waals surface area contributed by atoms with Gasteiger partial charge in [0.2, 0.25) is 5.91 Å². The number of benzene rings is 1. The molecule has 0 spiro atoms. The Bertz CT molecular complexity index is 800. The first-order valence-electron chi connectivity index (χ1n) is 7.99. The maximum atomic E-state index is 12.4. The van der Waals surface area contributed by atoms with Crippen LogP contribution in [-0.2, 0) is 20.9 Å². The Morgan fingerprint density at radius 1 is 1.25 bits per heavy atom. The lowest BCUT2D eigenvalue weighted by atomic mass is 10.2. The minimum absolute atomic E-state index is 0.0976. The number of hydrogen-bond donors (Lipinski definition) is 3. The van der Waals surface area contributed by atoms with Crippen molar-refractivity contribution in [1.82, 2.24) is 4.90 Å². The summed E-state index contributed by atoms with van der Waals surface area (Å²) in [5, 5.41) is 20.2. The van der Waals surface area contributed by atoms with E-state index in [0.29, 0.717) is 16.5 Å². The van der Waals surface area contributed by atoms with Crippen molar-refractivity contribution in [2.24, 2.45) is 0 Å². The molecular formula is C18H21ClN2O6S. The number of carboxylic acid groups (broad SMARTS) is 2. The number of carboxylic acids is 2. The molecule has 28 heavy (non-hydrogen) atoms. The van der Waals surface area contributed by atoms with E-state index in [2.05, 4.69) is 11.4 Å². The van der Waals surface area contributed by atoms with Crippen LogP contribution in [0.3, 0.4) is 0 Å². The predicted molar refractivity (Wildman–Crippen MR) is 107 cm³/mol. The molecule has 10 heteroatoms. The van der Waals surface area contributed by atoms with Gasteiger partial charge in [-0.1, -0.05) is 17.7 Å². The number of nitrogens with one attached hydrogen (secondary N) is 1. The van der Waals surface area contributed by atoms with Gasteiger partial charge in [-0.15, -0.1) is 11.3 Å². The number of ether oxygens (including phenoxy) is 1. The van der Waals surface area contributed by atoms with Crippen LogP contribution in [0.15, 0.2) is 35.7 Å². The van der Waals surface area contributed by atoms with Crippen LogP contribution < -0.4 is 10.1 Å². The fraction of sp³-hybridized carbons (Fsp3) is 0.278. The molecule has 1 unspecified atom stereocenters. The summed E-state index contributed by atoms with van der Waals surface area (Å²) >= 11 is 7.66. The standard InChI is InChI=1S/C16H19ClN2O2S.C2H2O4/c1-11(19(2)10-13-5-4-8-22-13)16(20)18-14-9-12(17)6-7-15(14)21-3;3-1(4)2(5)6/h4-9,11H,10H2,1-3H3,(H,18,20);(H,3,4)(H,5,6). The second kappa shape index (κ2) is 11.3. The maximum Gasteiger partial charge on any atom is 0.414 e. The molecule has 152 valence electrons. The molecule has 0 saturated carbocycles. The van der Waals surface area contributed by atoms with Gasteiger partial charge in [-0.2, -0.15) is 0 Å². The molecule has 3 N–H and O–H groups in total. The molecule has 1 aromatic heterocycles. The molecule has 8 nitrogen and oxygen atoms in total. The second-order valence-corrected chi connectivity index (χ2v) is 7.08. The molecule has 1 atom stereocenters. The quantitative estimate of drug-likeness (QED) is 0.605. The molecule has 1 amide bonds. The van der Waals surface area contributed by atoms with Gasteiger partial charge >= 0.3 is 11.9 Å². The average Bonchev–Trinajstić information content (AvgIpc) is 3.14. The molecule has 0 bridgehead atoms. The number of amides is 1. The number of anilines is 1. The van der Waals surface area contributed by atoms with Crippen molar-refractivity contribution in [2.45, 2.75) is 19.5 Å². The Kier molecular flexibility index (Phi) is 9.43. The van der Waals surface area contributed by atoms with Gasteiger partial charge in [0.05, 0.1) is 18.8 Å². The van der Waals surface area contributed by atoms with E-state index in [1.54, 1.807) is 36.6 Å². The number of methoxy groups -OCH3 is 1. The minimum Gasteiger partial charge on any atom is -0.495 e. The topological polar surface area (TPSA) is 116 Å². The Morgan fingerprint density at radius 2 is 1.89 bits per heavy atom. The van der Waals surface area contributed by atoms with Gasteiger partial charge in [0.1, 0.15) is 5.75 Å². The van der Waals surface area contributed by atoms with Gasteiger partial charge < -0.3 is 20.3 Å². The third kappa shape index (κ3) is 7.55. The lowest BCUT2D eigenvalue weighted by Gasteiger charge is -2.23. The lowest BCUT2D eigenvalue weighted by Crippen LogP contribution is -2.39. The van der Waals surface area contributed by atoms with E-state index in [1.165, 1.54) is 4.88 Å². The van der Waals surface area contributed by atoms with Crippen LogP contribution in [0.5, 0.6) is 5.75 Å². The van der Waals surface area contributed by atoms with Crippen LogP contribution in [-0.4, -0.2) is 53.2 Å². The van der Waals surface area contributed by atoms with Gasteiger partial charge in [0.25, 0.3) is 0 Å². The number of hydrogen-bond acceptors (Lipinski definition) is 6. The number of nitrogens with zero attached hydrogens (tertiary/aromatic N) is 1. The van der Waals surface area contributed by atoms with Gasteiger partial charge in [-0.25, -0.2) is 9.59 Å². The van der Waals surface area contributed by atoms with Gasteiger partial charge in [-0.05, 0) is 43.6 Å². The number of halogens is 1. The van der Waals surface area contributed by atoms with E-state index in [0.717, 1.165) is 6.54 Å². The highest BCUT2D eigenvalue weighted by atomic mass is 35.5. The van der Waals surface area contributed by atoms with Gasteiger partial charge in [0.15, 0.2) is 0 Å². The summed E-state index contributed by atoms with van der Waals surface area (Å²) < 4.78 is 5.24. The van der Waals surface area contributed by atoms with Crippen LogP contribution in [0.2, 0.25) is 5.02 Å². The van der Waals surface area contributed by atoms with E-state index in [4.69, 9.17) is 36.1 Å². The highest BCUT2D eigenvalue weighted by Gasteiger charge is 2.20. The van der Waals surface area contributed by atoms with E-state index >= 15 is 0 Å². The number of aliphatic carboxylic acids is 2. The number of carbonyl (C=O) groups excluding carboxylic acids is 1. The third-order valence-corrected chi connectivity index (χ3v) is 4.72. The summed E-state index contributed by atoms with van der Waals surface area (Å²) in [6.07, 6.45) is 0. The Balaban J connectivity index is 0.000000568. The van der Waals surface area contributed by atoms with Gasteiger partial charge in [0, 0.05) is 16.4 Å². The van der Waals surface area contributed by atoms with E-state index in [9.17, 15) is 4.79 Å². The number of carbonyl (C=O) groups is 3. The molecule has 2 aromatic rings. The van der Waals surface area contributed by atoms with Crippen LogP contribution in [0.25, 0.3) is 0 Å². The number of thiophene rings is 1. The normalized spacial score (nSPS) is 11.2. The summed E-state index contributed by atoms with van der Waals surface area (Å²) in [6, 6.07) is 8.94. The Hall–Kier alpha value is -2.62. The van der Waals surface area contributed by atoms with E-state index in [-0.39, 0.29) is 11.9 Å². The fourth-order valence-corrected chi connectivity index (χ4v) is 2.94. The third-order valence-electron chi connectivity index (χ3n) is 3.63. The van der Waals surface area contributed by atoms with Crippen molar-refractivity contribution in [1.29, 1.82) is 0 Å². The summed E-state index contributed by atoms with van der Waals surface area (Å²) in [5.74, 6) is -3.16. The minimum atomic E-state index is -1.82. The molecule has 0 aliphatic heterocycles. The SMILES string of the molecule is COc1ccc(Cl)cc1NC(=O)C(C)N(C)Cc1cccs1.O=C(O)C(=O)O. The highest BCUT2D eigenvalue weighted by Crippen LogP contribution is 2.28. The molecule has 1 heterocycles. The molecule has 0 radical (unpaired) electrons. The first kappa shape index (κ1) is 23.4. The Morgan fingerprint density at radius 3 is 2.39 bits per heavy atom. The van der Waals surface area contributed by atoms with E-state index in [1.807, 2.05) is 30.3 Å². The molecule has 0 aliphatic rings. The Labute approximate surface area is 171 Å². The second-order valence-electron chi connectivity index (χ2n) is 5.61. The fourth-order valence-electron chi connectivity index (χ4n) is 2.00. The number of rotatable bonds is 6. The zero-order chi connectivity index (χ0) is 21.3. The van der Waals surface area contributed by atoms with E-state index < -0.39 is 11.9 Å². The first-order valence-corrected chi connectivity index (χ1v) is 9.24. The van der Waals surface area contributed by atoms with Gasteiger partial charge in [-0.3, -0.25) is 9.69 Å². The molecule has 0 aliphatic carbocycles. The van der Waals surface area contributed by atoms with Crippen LogP contribution >= 0.6 is 22.9 Å². The van der Waals surface area contributed by atoms with Crippen molar-refractivity contribution in [3.63, 3.8) is 0 Å². The summed E-state index contributed by atoms with van der Waals surface area (Å²) in [5.41, 5.74) is 0.580. The monoisotopic (exact) mass is 428 g/mol. The zero-order valence-corrected chi connectivity index (χ0v) is 17.1. The van der Waals surface area contributed by atoms with Crippen LogP contribution in [0.1, 0.15) is 11.8 Å².